The minimum Gasteiger partial charge on any atom is -0.497 e. The molecule has 3 aromatic rings. The number of amides is 1. The van der Waals surface area contributed by atoms with Crippen molar-refractivity contribution in [3.8, 4) is 5.75 Å². The van der Waals surface area contributed by atoms with Gasteiger partial charge in [-0.25, -0.2) is 4.79 Å². The van der Waals surface area contributed by atoms with Gasteiger partial charge in [0.15, 0.2) is 0 Å². The predicted molar refractivity (Wildman–Crippen MR) is 122 cm³/mol. The minimum absolute atomic E-state index is 0.117. The van der Waals surface area contributed by atoms with E-state index < -0.39 is 6.09 Å². The summed E-state index contributed by atoms with van der Waals surface area (Å²) in [6, 6.07) is 26.2. The Morgan fingerprint density at radius 3 is 2.55 bits per heavy atom. The van der Waals surface area contributed by atoms with E-state index in [1.165, 1.54) is 5.56 Å². The first kappa shape index (κ1) is 20.5. The Hall–Kier alpha value is -3.73. The van der Waals surface area contributed by atoms with E-state index in [1.54, 1.807) is 13.3 Å². The highest BCUT2D eigenvalue weighted by Gasteiger charge is 2.26. The summed E-state index contributed by atoms with van der Waals surface area (Å²) < 4.78 is 10.7. The third-order valence-corrected chi connectivity index (χ3v) is 5.42. The van der Waals surface area contributed by atoms with Gasteiger partial charge < -0.3 is 14.8 Å². The normalized spacial score (nSPS) is 17.5. The van der Waals surface area contributed by atoms with Crippen LogP contribution < -0.4 is 15.4 Å². The van der Waals surface area contributed by atoms with Gasteiger partial charge in [-0.05, 0) is 41.3 Å². The number of nitrogens with one attached hydrogen (secondary N) is 2. The van der Waals surface area contributed by atoms with Crippen LogP contribution in [-0.2, 0) is 11.3 Å². The number of carbonyl (C=O) groups is 1. The minimum atomic E-state index is -0.473. The van der Waals surface area contributed by atoms with Crippen LogP contribution in [0.3, 0.4) is 0 Å². The summed E-state index contributed by atoms with van der Waals surface area (Å²) in [6.07, 6.45) is 4.08. The molecule has 0 aromatic heterocycles. The highest BCUT2D eigenvalue weighted by atomic mass is 16.5. The summed E-state index contributed by atoms with van der Waals surface area (Å²) in [7, 11) is 1.67. The maximum Gasteiger partial charge on any atom is 0.411 e. The maximum atomic E-state index is 12.1. The monoisotopic (exact) mass is 414 g/mol. The van der Waals surface area contributed by atoms with Gasteiger partial charge in [0, 0.05) is 17.8 Å². The Kier molecular flexibility index (Phi) is 6.53. The molecule has 1 amide bonds. The van der Waals surface area contributed by atoms with Gasteiger partial charge in [0.05, 0.1) is 13.2 Å². The zero-order valence-corrected chi connectivity index (χ0v) is 17.5. The van der Waals surface area contributed by atoms with Crippen molar-refractivity contribution in [1.82, 2.24) is 5.32 Å². The molecule has 31 heavy (non-hydrogen) atoms. The molecular weight excluding hydrogens is 388 g/mol. The van der Waals surface area contributed by atoms with Crippen molar-refractivity contribution in [2.24, 2.45) is 0 Å². The van der Waals surface area contributed by atoms with E-state index in [4.69, 9.17) is 9.47 Å². The highest BCUT2D eigenvalue weighted by molar-refractivity contribution is 5.68. The van der Waals surface area contributed by atoms with Gasteiger partial charge in [-0.3, -0.25) is 5.32 Å². The first-order valence-electron chi connectivity index (χ1n) is 10.4. The second kappa shape index (κ2) is 9.85. The van der Waals surface area contributed by atoms with Crippen LogP contribution in [0, 0.1) is 0 Å². The SMILES string of the molecule is COc1ccc2c(c1)[C@@H](/C=C/NC(=O)OCc1ccccc1)C[C@@H](c1ccccc1)N2. The van der Waals surface area contributed by atoms with Gasteiger partial charge in [0.2, 0.25) is 0 Å². The van der Waals surface area contributed by atoms with Crippen molar-refractivity contribution >= 4 is 11.8 Å². The van der Waals surface area contributed by atoms with Crippen molar-refractivity contribution in [1.29, 1.82) is 0 Å². The molecule has 0 radical (unpaired) electrons. The first-order chi connectivity index (χ1) is 15.2. The molecule has 2 atom stereocenters. The Balaban J connectivity index is 1.45. The van der Waals surface area contributed by atoms with Crippen LogP contribution in [0.4, 0.5) is 10.5 Å². The van der Waals surface area contributed by atoms with E-state index in [0.29, 0.717) is 0 Å². The molecule has 0 fully saturated rings. The molecule has 0 saturated heterocycles. The smallest absolute Gasteiger partial charge is 0.411 e. The lowest BCUT2D eigenvalue weighted by Crippen LogP contribution is -2.22. The number of carbonyl (C=O) groups excluding carboxylic acids is 1. The van der Waals surface area contributed by atoms with Crippen LogP contribution in [-0.4, -0.2) is 13.2 Å². The Morgan fingerprint density at radius 1 is 1.06 bits per heavy atom. The molecule has 0 aliphatic carbocycles. The molecule has 0 unspecified atom stereocenters. The third-order valence-electron chi connectivity index (χ3n) is 5.42. The predicted octanol–water partition coefficient (Wildman–Crippen LogP) is 5.78. The molecule has 2 N–H and O–H groups in total. The van der Waals surface area contributed by atoms with Crippen LogP contribution in [0.5, 0.6) is 5.75 Å². The number of benzene rings is 3. The van der Waals surface area contributed by atoms with Crippen molar-refractivity contribution in [2.75, 3.05) is 12.4 Å². The summed E-state index contributed by atoms with van der Waals surface area (Å²) in [5, 5.41) is 6.35. The van der Waals surface area contributed by atoms with Gasteiger partial charge >= 0.3 is 6.09 Å². The quantitative estimate of drug-likeness (QED) is 0.537. The van der Waals surface area contributed by atoms with Gasteiger partial charge in [0.25, 0.3) is 0 Å². The van der Waals surface area contributed by atoms with Crippen LogP contribution >= 0.6 is 0 Å². The molecule has 4 rings (SSSR count). The van der Waals surface area contributed by atoms with Gasteiger partial charge in [-0.1, -0.05) is 66.7 Å². The number of allylic oxidation sites excluding steroid dienone is 1. The fourth-order valence-electron chi connectivity index (χ4n) is 3.82. The zero-order chi connectivity index (χ0) is 21.5. The van der Waals surface area contributed by atoms with Crippen LogP contribution in [0.1, 0.15) is 35.1 Å². The number of rotatable bonds is 6. The molecule has 1 heterocycles. The first-order valence-corrected chi connectivity index (χ1v) is 10.4. The lowest BCUT2D eigenvalue weighted by Gasteiger charge is -2.32. The molecule has 5 heteroatoms. The molecule has 158 valence electrons. The Bertz CT molecular complexity index is 1040. The van der Waals surface area contributed by atoms with E-state index in [1.807, 2.05) is 60.7 Å². The van der Waals surface area contributed by atoms with Crippen molar-refractivity contribution in [3.63, 3.8) is 0 Å². The molecule has 3 aromatic carbocycles. The number of hydrogen-bond donors (Lipinski definition) is 2. The largest absolute Gasteiger partial charge is 0.497 e. The van der Waals surface area contributed by atoms with Crippen LogP contribution in [0.25, 0.3) is 0 Å². The summed E-state index contributed by atoms with van der Waals surface area (Å²) in [5.74, 6) is 0.929. The average molecular weight is 415 g/mol. The summed E-state index contributed by atoms with van der Waals surface area (Å²) >= 11 is 0. The van der Waals surface area contributed by atoms with E-state index in [2.05, 4.69) is 34.9 Å². The van der Waals surface area contributed by atoms with Crippen LogP contribution in [0.15, 0.2) is 91.1 Å². The summed E-state index contributed by atoms with van der Waals surface area (Å²) in [6.45, 7) is 0.240. The van der Waals surface area contributed by atoms with Crippen molar-refractivity contribution in [2.45, 2.75) is 25.0 Å². The zero-order valence-electron chi connectivity index (χ0n) is 17.5. The molecule has 0 bridgehead atoms. The fourth-order valence-corrected chi connectivity index (χ4v) is 3.82. The van der Waals surface area contributed by atoms with E-state index in [0.717, 1.165) is 29.0 Å². The van der Waals surface area contributed by atoms with E-state index in [9.17, 15) is 4.79 Å². The molecule has 5 nitrogen and oxygen atoms in total. The molecule has 0 spiro atoms. The number of methoxy groups -OCH3 is 1. The van der Waals surface area contributed by atoms with Crippen molar-refractivity contribution < 1.29 is 14.3 Å². The second-order valence-corrected chi connectivity index (χ2v) is 7.47. The standard InChI is InChI=1S/C26H26N2O3/c1-30-22-12-13-24-23(17-22)21(16-25(28-24)20-10-6-3-7-11-20)14-15-27-26(29)31-18-19-8-4-2-5-9-19/h2-15,17,21,25,28H,16,18H2,1H3,(H,27,29)/b15-14+/t21-,25-/m0/s1. The number of anilines is 1. The van der Waals surface area contributed by atoms with Gasteiger partial charge in [-0.15, -0.1) is 0 Å². The Labute approximate surface area is 182 Å². The summed E-state index contributed by atoms with van der Waals surface area (Å²) in [5.41, 5.74) is 4.40. The Morgan fingerprint density at radius 2 is 1.81 bits per heavy atom. The number of hydrogen-bond acceptors (Lipinski definition) is 4. The van der Waals surface area contributed by atoms with Gasteiger partial charge in [0.1, 0.15) is 12.4 Å². The number of fused-ring (bicyclic) bond motifs is 1. The molecular formula is C26H26N2O3. The number of ether oxygens (including phenoxy) is 2. The summed E-state index contributed by atoms with van der Waals surface area (Å²) in [4.78, 5) is 12.1. The molecule has 0 saturated carbocycles. The maximum absolute atomic E-state index is 12.1. The van der Waals surface area contributed by atoms with Crippen molar-refractivity contribution in [3.05, 3.63) is 108 Å². The van der Waals surface area contributed by atoms with E-state index >= 15 is 0 Å². The highest BCUT2D eigenvalue weighted by Crippen LogP contribution is 2.42. The number of alkyl carbamates (subject to hydrolysis) is 1. The molecule has 1 aliphatic rings. The fraction of sp³-hybridized carbons (Fsp3) is 0.192. The van der Waals surface area contributed by atoms with Gasteiger partial charge in [-0.2, -0.15) is 0 Å². The second-order valence-electron chi connectivity index (χ2n) is 7.47. The lowest BCUT2D eigenvalue weighted by atomic mass is 9.84. The third kappa shape index (κ3) is 5.25. The molecule has 1 aliphatic heterocycles. The lowest BCUT2D eigenvalue weighted by molar-refractivity contribution is 0.143. The van der Waals surface area contributed by atoms with Crippen LogP contribution in [0.2, 0.25) is 0 Å². The van der Waals surface area contributed by atoms with E-state index in [-0.39, 0.29) is 18.6 Å². The topological polar surface area (TPSA) is 59.6 Å². The average Bonchev–Trinajstić information content (AvgIpc) is 2.83.